The van der Waals surface area contributed by atoms with Crippen molar-refractivity contribution in [3.8, 4) is 17.2 Å². The van der Waals surface area contributed by atoms with E-state index >= 15 is 0 Å². The van der Waals surface area contributed by atoms with Gasteiger partial charge in [-0.2, -0.15) is 0 Å². The predicted octanol–water partition coefficient (Wildman–Crippen LogP) is 4.56. The summed E-state index contributed by atoms with van der Waals surface area (Å²) >= 11 is 0. The average Bonchev–Trinajstić information content (AvgIpc) is 3.30. The summed E-state index contributed by atoms with van der Waals surface area (Å²) in [6, 6.07) is 16.2. The molecule has 0 fully saturated rings. The van der Waals surface area contributed by atoms with Crippen molar-refractivity contribution in [2.45, 2.75) is 20.4 Å². The summed E-state index contributed by atoms with van der Waals surface area (Å²) in [5.74, 6) is 1.66. The Hall–Kier alpha value is -2.85. The molecule has 0 aliphatic rings. The fourth-order valence-electron chi connectivity index (χ4n) is 3.78. The van der Waals surface area contributed by atoms with E-state index in [2.05, 4.69) is 68.9 Å². The van der Waals surface area contributed by atoms with E-state index in [1.807, 2.05) is 23.9 Å². The maximum atomic E-state index is 4.58. The van der Waals surface area contributed by atoms with Gasteiger partial charge in [-0.05, 0) is 30.8 Å². The summed E-state index contributed by atoms with van der Waals surface area (Å²) in [6.45, 7) is 5.09. The molecule has 0 aliphatic carbocycles. The predicted molar refractivity (Wildman–Crippen MR) is 107 cm³/mol. The van der Waals surface area contributed by atoms with Gasteiger partial charge in [0.2, 0.25) is 0 Å². The molecule has 0 atom stereocenters. The largest absolute Gasteiger partial charge is 0.381 e. The number of imidazole rings is 1. The molecular weight excluding hydrogens is 437 g/mol. The van der Waals surface area contributed by atoms with Gasteiger partial charge >= 0.3 is 0 Å². The quantitative estimate of drug-likeness (QED) is 0.296. The summed E-state index contributed by atoms with van der Waals surface area (Å²) in [4.78, 5) is 13.1. The van der Waals surface area contributed by atoms with Gasteiger partial charge in [0, 0.05) is 55.7 Å². The van der Waals surface area contributed by atoms with E-state index in [1.165, 1.54) is 21.8 Å². The first-order valence-corrected chi connectivity index (χ1v) is 9.01. The van der Waals surface area contributed by atoms with Gasteiger partial charge < -0.3 is 9.13 Å². The van der Waals surface area contributed by atoms with Crippen LogP contribution in [0.5, 0.6) is 0 Å². The van der Waals surface area contributed by atoms with Gasteiger partial charge in [0.05, 0.1) is 5.82 Å². The van der Waals surface area contributed by atoms with Gasteiger partial charge in [-0.1, -0.05) is 23.6 Å². The summed E-state index contributed by atoms with van der Waals surface area (Å²) < 4.78 is 4.32. The summed E-state index contributed by atoms with van der Waals surface area (Å²) in [5, 5.41) is 2.47. The molecule has 0 amide bonds. The van der Waals surface area contributed by atoms with Crippen LogP contribution in [0.1, 0.15) is 12.5 Å². The smallest absolute Gasteiger partial charge is 0.136 e. The van der Waals surface area contributed by atoms with Crippen LogP contribution in [0, 0.1) is 13.0 Å². The number of para-hydroxylation sites is 1. The first-order valence-electron chi connectivity index (χ1n) is 9.01. The summed E-state index contributed by atoms with van der Waals surface area (Å²) in [5.41, 5.74) is 4.39. The molecule has 28 heavy (non-hydrogen) atoms. The van der Waals surface area contributed by atoms with Crippen LogP contribution >= 0.6 is 0 Å². The fourth-order valence-corrected chi connectivity index (χ4v) is 3.78. The first-order chi connectivity index (χ1) is 13.3. The molecule has 141 valence electrons. The number of fused-ring (bicyclic) bond motifs is 3. The molecule has 5 rings (SSSR count). The zero-order valence-electron chi connectivity index (χ0n) is 15.6. The summed E-state index contributed by atoms with van der Waals surface area (Å²) in [6.07, 6.45) is 7.10. The third-order valence-electron chi connectivity index (χ3n) is 5.00. The molecule has 0 saturated carbocycles. The number of hydrogen-bond donors (Lipinski definition) is 0. The van der Waals surface area contributed by atoms with Crippen molar-refractivity contribution in [2.24, 2.45) is 0 Å². The first kappa shape index (κ1) is 18.5. The van der Waals surface area contributed by atoms with E-state index in [-0.39, 0.29) is 19.5 Å². The number of aromatic nitrogens is 5. The van der Waals surface area contributed by atoms with Crippen LogP contribution < -0.4 is 0 Å². The molecule has 5 nitrogen and oxygen atoms in total. The standard InChI is InChI=1S/C22H18N5.Rh/c1-3-26-19-7-5-4-6-17(19)18-12-16(8-9-20(18)26)22-24-10-11-27(22)21-15(2)13-23-14-25-21;/h4-7,9-14H,3H2,1-2H3;/q-1;. The molecular formula is C22H18N5Rh-. The molecule has 0 unspecified atom stereocenters. The fraction of sp³-hybridized carbons (Fsp3) is 0.136. The van der Waals surface area contributed by atoms with Gasteiger partial charge in [-0.15, -0.1) is 23.8 Å². The second-order valence-electron chi connectivity index (χ2n) is 6.56. The van der Waals surface area contributed by atoms with Gasteiger partial charge in [0.25, 0.3) is 0 Å². The molecule has 0 N–H and O–H groups in total. The average molecular weight is 455 g/mol. The van der Waals surface area contributed by atoms with Crippen LogP contribution in [0.2, 0.25) is 0 Å². The minimum Gasteiger partial charge on any atom is -0.381 e. The van der Waals surface area contributed by atoms with Crippen LogP contribution in [0.25, 0.3) is 39.0 Å². The Bertz CT molecular complexity index is 1280. The van der Waals surface area contributed by atoms with Crippen molar-refractivity contribution in [3.63, 3.8) is 0 Å². The Kier molecular flexibility index (Phi) is 4.82. The van der Waals surface area contributed by atoms with E-state index in [0.717, 1.165) is 29.3 Å². The van der Waals surface area contributed by atoms with Crippen molar-refractivity contribution in [3.05, 3.63) is 72.9 Å². The number of hydrogen-bond acceptors (Lipinski definition) is 3. The molecule has 3 aromatic heterocycles. The van der Waals surface area contributed by atoms with Crippen molar-refractivity contribution < 1.29 is 19.5 Å². The Morgan fingerprint density at radius 1 is 1.07 bits per heavy atom. The van der Waals surface area contributed by atoms with Crippen LogP contribution in [0.15, 0.2) is 61.3 Å². The Morgan fingerprint density at radius 3 is 2.75 bits per heavy atom. The maximum absolute atomic E-state index is 4.58. The zero-order valence-corrected chi connectivity index (χ0v) is 17.2. The van der Waals surface area contributed by atoms with Crippen molar-refractivity contribution in [1.29, 1.82) is 0 Å². The van der Waals surface area contributed by atoms with E-state index in [9.17, 15) is 0 Å². The number of aryl methyl sites for hydroxylation is 2. The van der Waals surface area contributed by atoms with Crippen molar-refractivity contribution in [2.75, 3.05) is 0 Å². The Balaban J connectivity index is 0.00000192. The van der Waals surface area contributed by atoms with Gasteiger partial charge in [-0.25, -0.2) is 9.97 Å². The molecule has 0 spiro atoms. The second kappa shape index (κ2) is 7.29. The Labute approximate surface area is 175 Å². The normalized spacial score (nSPS) is 11.1. The monoisotopic (exact) mass is 455 g/mol. The van der Waals surface area contributed by atoms with Crippen LogP contribution in [0.4, 0.5) is 0 Å². The van der Waals surface area contributed by atoms with Gasteiger partial charge in [0.1, 0.15) is 12.1 Å². The SMILES string of the molecule is CCn1c2c[c-]c(-c3nccn3-c3ncncc3C)cc2c2ccccc21.[Rh]. The minimum atomic E-state index is 0. The molecule has 3 heterocycles. The van der Waals surface area contributed by atoms with Crippen molar-refractivity contribution in [1.82, 2.24) is 24.1 Å². The number of nitrogens with zero attached hydrogens (tertiary/aromatic N) is 5. The molecule has 1 radical (unpaired) electrons. The van der Waals surface area contributed by atoms with Crippen LogP contribution in [-0.2, 0) is 26.0 Å². The van der Waals surface area contributed by atoms with Crippen molar-refractivity contribution >= 4 is 21.8 Å². The number of rotatable bonds is 3. The molecule has 0 aliphatic heterocycles. The van der Waals surface area contributed by atoms with E-state index in [1.54, 1.807) is 12.5 Å². The topological polar surface area (TPSA) is 48.5 Å². The second-order valence-corrected chi connectivity index (χ2v) is 6.56. The summed E-state index contributed by atoms with van der Waals surface area (Å²) in [7, 11) is 0. The van der Waals surface area contributed by atoms with E-state index < -0.39 is 0 Å². The Morgan fingerprint density at radius 2 is 1.93 bits per heavy atom. The van der Waals surface area contributed by atoms with Gasteiger partial charge in [-0.3, -0.25) is 4.98 Å². The van der Waals surface area contributed by atoms with E-state index in [4.69, 9.17) is 0 Å². The molecule has 2 aromatic carbocycles. The maximum Gasteiger partial charge on any atom is 0.136 e. The molecule has 5 aromatic rings. The van der Waals surface area contributed by atoms with Gasteiger partial charge in [0.15, 0.2) is 0 Å². The zero-order chi connectivity index (χ0) is 18.4. The third-order valence-corrected chi connectivity index (χ3v) is 5.00. The minimum absolute atomic E-state index is 0. The molecule has 0 bridgehead atoms. The van der Waals surface area contributed by atoms with E-state index in [0.29, 0.717) is 0 Å². The number of benzene rings is 2. The van der Waals surface area contributed by atoms with Crippen LogP contribution in [0.3, 0.4) is 0 Å². The van der Waals surface area contributed by atoms with Crippen LogP contribution in [-0.4, -0.2) is 24.1 Å². The molecule has 6 heteroatoms. The molecule has 0 saturated heterocycles. The third kappa shape index (κ3) is 2.76.